The summed E-state index contributed by atoms with van der Waals surface area (Å²) in [6.45, 7) is 2.93. The van der Waals surface area contributed by atoms with E-state index in [0.717, 1.165) is 18.7 Å². The van der Waals surface area contributed by atoms with Gasteiger partial charge in [0.15, 0.2) is 0 Å². The van der Waals surface area contributed by atoms with Gasteiger partial charge >= 0.3 is 0 Å². The van der Waals surface area contributed by atoms with Crippen LogP contribution >= 0.6 is 0 Å². The summed E-state index contributed by atoms with van der Waals surface area (Å²) in [6, 6.07) is 0. The molecule has 10 heavy (non-hydrogen) atoms. The zero-order chi connectivity index (χ0) is 7.40. The lowest BCUT2D eigenvalue weighted by molar-refractivity contribution is 0.284. The fraction of sp³-hybridized carbons (Fsp3) is 0.571. The van der Waals surface area contributed by atoms with Crippen molar-refractivity contribution in [1.82, 2.24) is 5.32 Å². The molecule has 0 aliphatic carbocycles. The van der Waals surface area contributed by atoms with Crippen molar-refractivity contribution in [1.29, 1.82) is 0 Å². The van der Waals surface area contributed by atoms with Crippen LogP contribution in [0.2, 0.25) is 0 Å². The Morgan fingerprint density at radius 2 is 2.60 bits per heavy atom. The lowest BCUT2D eigenvalue weighted by Gasteiger charge is -2.11. The number of rotatable bonds is 2. The maximum atomic E-state index is 4.93. The number of aliphatic imine (C=N–C) groups is 1. The molecule has 0 atom stereocenters. The van der Waals surface area contributed by atoms with Gasteiger partial charge in [0.1, 0.15) is 0 Å². The van der Waals surface area contributed by atoms with Gasteiger partial charge in [-0.25, -0.2) is 4.99 Å². The van der Waals surface area contributed by atoms with Crippen molar-refractivity contribution < 1.29 is 4.74 Å². The third-order valence-corrected chi connectivity index (χ3v) is 1.42. The predicted molar refractivity (Wildman–Crippen MR) is 40.8 cm³/mol. The van der Waals surface area contributed by atoms with Crippen LogP contribution in [0, 0.1) is 0 Å². The summed E-state index contributed by atoms with van der Waals surface area (Å²) < 4.78 is 4.93. The Labute approximate surface area is 60.8 Å². The van der Waals surface area contributed by atoms with Crippen molar-refractivity contribution in [2.24, 2.45) is 4.99 Å². The first-order chi connectivity index (χ1) is 4.86. The van der Waals surface area contributed by atoms with Crippen LogP contribution < -0.4 is 5.32 Å². The largest absolute Gasteiger partial charge is 0.480 e. The lowest BCUT2D eigenvalue weighted by atomic mass is 10.3. The van der Waals surface area contributed by atoms with E-state index in [1.54, 1.807) is 13.3 Å². The second kappa shape index (κ2) is 3.25. The number of hydrogen-bond acceptors (Lipinski definition) is 3. The molecule has 0 radical (unpaired) electrons. The molecule has 0 unspecified atom stereocenters. The fourth-order valence-electron chi connectivity index (χ4n) is 0.792. The number of ether oxygens (including phenoxy) is 1. The molecule has 0 aromatic carbocycles. The first kappa shape index (κ1) is 7.12. The molecule has 1 aliphatic heterocycles. The average molecular weight is 140 g/mol. The highest BCUT2D eigenvalue weighted by Gasteiger charge is 2.02. The Bertz CT molecular complexity index is 172. The van der Waals surface area contributed by atoms with E-state index in [1.807, 2.05) is 0 Å². The molecule has 1 N–H and O–H groups in total. The van der Waals surface area contributed by atoms with Gasteiger partial charge in [-0.1, -0.05) is 6.92 Å². The summed E-state index contributed by atoms with van der Waals surface area (Å²) in [4.78, 5) is 4.21. The number of hydrogen-bond donors (Lipinski definition) is 1. The third-order valence-electron chi connectivity index (χ3n) is 1.42. The topological polar surface area (TPSA) is 33.6 Å². The molecular weight excluding hydrogens is 128 g/mol. The van der Waals surface area contributed by atoms with Gasteiger partial charge in [-0.2, -0.15) is 0 Å². The Kier molecular flexibility index (Phi) is 2.31. The highest BCUT2D eigenvalue weighted by Crippen LogP contribution is 2.02. The maximum Gasteiger partial charge on any atom is 0.229 e. The molecule has 0 amide bonds. The lowest BCUT2D eigenvalue weighted by Crippen LogP contribution is -2.22. The van der Waals surface area contributed by atoms with Crippen LogP contribution in [0.15, 0.2) is 17.1 Å². The molecule has 0 fully saturated rings. The van der Waals surface area contributed by atoms with Gasteiger partial charge in [0.25, 0.3) is 0 Å². The monoisotopic (exact) mass is 140 g/mol. The van der Waals surface area contributed by atoms with E-state index in [2.05, 4.69) is 17.2 Å². The third kappa shape index (κ3) is 1.50. The zero-order valence-corrected chi connectivity index (χ0v) is 6.35. The maximum absolute atomic E-state index is 4.93. The van der Waals surface area contributed by atoms with Crippen molar-refractivity contribution >= 4 is 5.71 Å². The summed E-state index contributed by atoms with van der Waals surface area (Å²) in [5, 5.41) is 3.07. The average Bonchev–Trinajstić information content (AvgIpc) is 2.05. The molecule has 0 saturated carbocycles. The summed E-state index contributed by atoms with van der Waals surface area (Å²) in [5.74, 6) is 0.670. The second-order valence-corrected chi connectivity index (χ2v) is 2.10. The van der Waals surface area contributed by atoms with Gasteiger partial charge in [-0.15, -0.1) is 0 Å². The van der Waals surface area contributed by atoms with Crippen LogP contribution in [-0.2, 0) is 4.74 Å². The highest BCUT2D eigenvalue weighted by molar-refractivity contribution is 5.87. The quantitative estimate of drug-likeness (QED) is 0.618. The molecule has 1 heterocycles. The summed E-state index contributed by atoms with van der Waals surface area (Å²) >= 11 is 0. The molecule has 0 aromatic rings. The molecule has 3 nitrogen and oxygen atoms in total. The molecule has 3 heteroatoms. The van der Waals surface area contributed by atoms with E-state index < -0.39 is 0 Å². The van der Waals surface area contributed by atoms with E-state index in [1.165, 1.54) is 0 Å². The van der Waals surface area contributed by atoms with Crippen LogP contribution in [0.5, 0.6) is 0 Å². The minimum absolute atomic E-state index is 0.670. The van der Waals surface area contributed by atoms with Gasteiger partial charge in [0.05, 0.1) is 19.9 Å². The Morgan fingerprint density at radius 3 is 3.20 bits per heavy atom. The molecule has 1 aliphatic rings. The van der Waals surface area contributed by atoms with Crippen molar-refractivity contribution in [2.75, 3.05) is 13.7 Å². The second-order valence-electron chi connectivity index (χ2n) is 2.10. The van der Waals surface area contributed by atoms with Crippen LogP contribution in [-0.4, -0.2) is 19.4 Å². The molecule has 0 aromatic heterocycles. The predicted octanol–water partition coefficient (Wildman–Crippen LogP) is 0.886. The Morgan fingerprint density at radius 1 is 1.80 bits per heavy atom. The molecule has 1 rings (SSSR count). The standard InChI is InChI=1S/C7H12N2O/c1-3-6-4-8-5-7(9-6)10-2/h5,8H,3-4H2,1-2H3. The van der Waals surface area contributed by atoms with E-state index in [-0.39, 0.29) is 0 Å². The molecule has 56 valence electrons. The number of nitrogens with one attached hydrogen (secondary N) is 1. The van der Waals surface area contributed by atoms with Crippen LogP contribution in [0.25, 0.3) is 0 Å². The zero-order valence-electron chi connectivity index (χ0n) is 6.35. The van der Waals surface area contributed by atoms with Gasteiger partial charge in [-0.05, 0) is 6.42 Å². The van der Waals surface area contributed by atoms with Crippen molar-refractivity contribution in [3.8, 4) is 0 Å². The fourth-order valence-corrected chi connectivity index (χ4v) is 0.792. The Hall–Kier alpha value is -0.990. The summed E-state index contributed by atoms with van der Waals surface area (Å²) in [6.07, 6.45) is 2.76. The number of methoxy groups -OCH3 is 1. The summed E-state index contributed by atoms with van der Waals surface area (Å²) in [7, 11) is 1.62. The highest BCUT2D eigenvalue weighted by atomic mass is 16.5. The summed E-state index contributed by atoms with van der Waals surface area (Å²) in [5.41, 5.74) is 1.14. The van der Waals surface area contributed by atoms with Crippen LogP contribution in [0.1, 0.15) is 13.3 Å². The number of nitrogens with zero attached hydrogens (tertiary/aromatic N) is 1. The minimum Gasteiger partial charge on any atom is -0.480 e. The molecule has 0 bridgehead atoms. The smallest absolute Gasteiger partial charge is 0.229 e. The SMILES string of the molecule is CCC1=NC(OC)=CNC1. The van der Waals surface area contributed by atoms with E-state index in [9.17, 15) is 0 Å². The molecule has 0 saturated heterocycles. The van der Waals surface area contributed by atoms with E-state index in [0.29, 0.717) is 5.88 Å². The van der Waals surface area contributed by atoms with Gasteiger partial charge in [0, 0.05) is 5.71 Å². The van der Waals surface area contributed by atoms with Crippen molar-refractivity contribution in [3.63, 3.8) is 0 Å². The van der Waals surface area contributed by atoms with E-state index in [4.69, 9.17) is 4.74 Å². The molecule has 0 spiro atoms. The Balaban J connectivity index is 2.61. The van der Waals surface area contributed by atoms with Crippen LogP contribution in [0.4, 0.5) is 0 Å². The van der Waals surface area contributed by atoms with Crippen molar-refractivity contribution in [2.45, 2.75) is 13.3 Å². The van der Waals surface area contributed by atoms with Crippen molar-refractivity contribution in [3.05, 3.63) is 12.1 Å². The normalized spacial score (nSPS) is 17.0. The van der Waals surface area contributed by atoms with Gasteiger partial charge in [-0.3, -0.25) is 0 Å². The minimum atomic E-state index is 0.670. The first-order valence-electron chi connectivity index (χ1n) is 3.40. The molecular formula is C7H12N2O. The van der Waals surface area contributed by atoms with Gasteiger partial charge in [0.2, 0.25) is 5.88 Å². The van der Waals surface area contributed by atoms with Gasteiger partial charge < -0.3 is 10.1 Å². The van der Waals surface area contributed by atoms with E-state index >= 15 is 0 Å². The van der Waals surface area contributed by atoms with Crippen LogP contribution in [0.3, 0.4) is 0 Å². The first-order valence-corrected chi connectivity index (χ1v) is 3.40.